The van der Waals surface area contributed by atoms with E-state index in [4.69, 9.17) is 22.9 Å². The molecule has 3 aromatic heterocycles. The molecule has 0 bridgehead atoms. The Balaban J connectivity index is 0.000000247. The first kappa shape index (κ1) is 34.9. The molecule has 9 N–H and O–H groups in total. The lowest BCUT2D eigenvalue weighted by molar-refractivity contribution is 0.100. The molecule has 0 spiro atoms. The number of imidazole rings is 1. The number of hydrogen-bond donors (Lipinski definition) is 5. The number of halogens is 1. The molecule has 3 heterocycles. The van der Waals surface area contributed by atoms with E-state index in [0.29, 0.717) is 28.5 Å². The van der Waals surface area contributed by atoms with Gasteiger partial charge in [0.25, 0.3) is 5.91 Å². The molecule has 0 unspecified atom stereocenters. The van der Waals surface area contributed by atoms with Crippen LogP contribution in [0.1, 0.15) is 63.3 Å². The van der Waals surface area contributed by atoms with Crippen LogP contribution in [-0.2, 0) is 18.1 Å². The number of aromatic nitrogens is 6. The maximum absolute atomic E-state index is 11.9. The van der Waals surface area contributed by atoms with Crippen LogP contribution >= 0.6 is 0 Å². The third-order valence-corrected chi connectivity index (χ3v) is 7.44. The van der Waals surface area contributed by atoms with E-state index in [2.05, 4.69) is 26.6 Å². The zero-order valence-electron chi connectivity index (χ0n) is 27.7. The van der Waals surface area contributed by atoms with Gasteiger partial charge in [0.05, 0.1) is 33.5 Å². The van der Waals surface area contributed by atoms with Crippen molar-refractivity contribution in [2.24, 2.45) is 12.8 Å². The molecule has 5 rings (SSSR count). The van der Waals surface area contributed by atoms with Crippen molar-refractivity contribution in [1.82, 2.24) is 29.1 Å². The number of nitrogens with one attached hydrogen (secondary N) is 1. The average Bonchev–Trinajstić information content (AvgIpc) is 3.58. The van der Waals surface area contributed by atoms with Gasteiger partial charge in [-0.05, 0) is 72.7 Å². The van der Waals surface area contributed by atoms with Gasteiger partial charge in [0.1, 0.15) is 46.0 Å². The Bertz CT molecular complexity index is 1960. The monoisotopic (exact) mass is 630 g/mol. The minimum Gasteiger partial charge on any atom is -0.397 e. The van der Waals surface area contributed by atoms with Gasteiger partial charge in [-0.2, -0.15) is 15.5 Å². The highest BCUT2D eigenvalue weighted by Crippen LogP contribution is 2.34. The fourth-order valence-electron chi connectivity index (χ4n) is 5.05. The Kier molecular flexibility index (Phi) is 9.43. The number of carbonyl (C=O) groups excluding carboxylic acids is 1. The Morgan fingerprint density at radius 1 is 0.891 bits per heavy atom. The van der Waals surface area contributed by atoms with Crippen LogP contribution in [0.25, 0.3) is 33.5 Å². The normalized spacial score (nSPS) is 11.4. The fourth-order valence-corrected chi connectivity index (χ4v) is 5.05. The number of nitrogens with zero attached hydrogens (tertiary/aromatic N) is 7. The summed E-state index contributed by atoms with van der Waals surface area (Å²) in [6.07, 6.45) is 0. The predicted molar refractivity (Wildman–Crippen MR) is 183 cm³/mol. The number of nitrogen functional groups attached to an aromatic ring is 3. The smallest absolute Gasteiger partial charge is 0.254 e. The molecule has 46 heavy (non-hydrogen) atoms. The Labute approximate surface area is 267 Å². The summed E-state index contributed by atoms with van der Waals surface area (Å²) >= 11 is 0. The van der Waals surface area contributed by atoms with E-state index in [1.165, 1.54) is 0 Å². The van der Waals surface area contributed by atoms with Crippen molar-refractivity contribution >= 4 is 40.0 Å². The van der Waals surface area contributed by atoms with Crippen molar-refractivity contribution in [2.75, 3.05) is 29.6 Å². The molecule has 14 heteroatoms. The lowest BCUT2D eigenvalue weighted by Crippen LogP contribution is -2.25. The number of anilines is 4. The average molecular weight is 631 g/mol. The maximum atomic E-state index is 11.9. The Morgan fingerprint density at radius 3 is 1.96 bits per heavy atom. The number of amides is 1. The zero-order chi connectivity index (χ0) is 33.6. The lowest BCUT2D eigenvalue weighted by atomic mass is 10.1. The SMILES string of the molecule is CNc1ccc(-c2nn(C(C)(C)C)c(N)c2C#N)cc1N.Cc1nc2cc(-c3nn(C(C)(C)C)c(N)c3C(N)=O)ccc2n1C.F. The molecule has 0 saturated carbocycles. The van der Waals surface area contributed by atoms with Crippen LogP contribution in [0.3, 0.4) is 0 Å². The number of rotatable bonds is 4. The maximum Gasteiger partial charge on any atom is 0.254 e. The quantitative estimate of drug-likeness (QED) is 0.174. The highest BCUT2D eigenvalue weighted by atomic mass is 19.0. The van der Waals surface area contributed by atoms with Gasteiger partial charge in [0.2, 0.25) is 0 Å². The van der Waals surface area contributed by atoms with Gasteiger partial charge >= 0.3 is 0 Å². The largest absolute Gasteiger partial charge is 0.397 e. The van der Waals surface area contributed by atoms with Gasteiger partial charge in [-0.25, -0.2) is 14.3 Å². The second kappa shape index (κ2) is 12.4. The van der Waals surface area contributed by atoms with E-state index in [-0.39, 0.29) is 27.2 Å². The second-order valence-corrected chi connectivity index (χ2v) is 12.8. The number of nitriles is 1. The van der Waals surface area contributed by atoms with Crippen LogP contribution in [0.4, 0.5) is 27.7 Å². The highest BCUT2D eigenvalue weighted by molar-refractivity contribution is 6.04. The van der Waals surface area contributed by atoms with Crippen molar-refractivity contribution in [3.8, 4) is 28.6 Å². The molecule has 0 saturated heterocycles. The predicted octanol–water partition coefficient (Wildman–Crippen LogP) is 4.72. The number of carbonyl (C=O) groups is 1. The van der Waals surface area contributed by atoms with Gasteiger partial charge in [0, 0.05) is 25.2 Å². The standard InChI is InChI=1S/C17H22N6O.C15H20N6.FH/c1-9-20-11-8-10(6-7-12(11)22(9)5)14-13(16(19)24)15(18)23(21-14)17(2,3)4;1-15(2,3)21-14(18)10(8-16)13(20-21)9-5-6-12(19-4)11(17)7-9;/h6-8H,18H2,1-5H3,(H2,19,24);5-7,19H,17-18H2,1-4H3;1H. The zero-order valence-corrected chi connectivity index (χ0v) is 27.7. The fraction of sp³-hybridized carbons (Fsp3) is 0.344. The van der Waals surface area contributed by atoms with Gasteiger partial charge in [-0.1, -0.05) is 12.1 Å². The van der Waals surface area contributed by atoms with Crippen molar-refractivity contribution in [3.05, 3.63) is 53.3 Å². The van der Waals surface area contributed by atoms with E-state index in [1.807, 2.05) is 90.4 Å². The second-order valence-electron chi connectivity index (χ2n) is 12.8. The summed E-state index contributed by atoms with van der Waals surface area (Å²) in [5.41, 5.74) is 29.6. The van der Waals surface area contributed by atoms with Gasteiger partial charge in [-0.3, -0.25) is 9.50 Å². The highest BCUT2D eigenvalue weighted by Gasteiger charge is 2.27. The molecule has 0 aliphatic rings. The van der Waals surface area contributed by atoms with Crippen molar-refractivity contribution in [3.63, 3.8) is 0 Å². The minimum atomic E-state index is -0.588. The van der Waals surface area contributed by atoms with Crippen LogP contribution in [0.15, 0.2) is 36.4 Å². The van der Waals surface area contributed by atoms with E-state index >= 15 is 0 Å². The topological polar surface area (TPSA) is 210 Å². The number of primary amides is 1. The summed E-state index contributed by atoms with van der Waals surface area (Å²) in [5.74, 6) is 0.978. The third-order valence-electron chi connectivity index (χ3n) is 7.44. The van der Waals surface area contributed by atoms with Crippen LogP contribution < -0.4 is 28.3 Å². The van der Waals surface area contributed by atoms with Crippen LogP contribution in [0, 0.1) is 18.3 Å². The summed E-state index contributed by atoms with van der Waals surface area (Å²) in [6, 6.07) is 13.4. The van der Waals surface area contributed by atoms with E-state index in [1.54, 1.807) is 22.5 Å². The van der Waals surface area contributed by atoms with E-state index in [9.17, 15) is 10.1 Å². The van der Waals surface area contributed by atoms with Gasteiger partial charge < -0.3 is 32.8 Å². The van der Waals surface area contributed by atoms with Crippen LogP contribution in [-0.4, -0.2) is 42.1 Å². The van der Waals surface area contributed by atoms with Crippen molar-refractivity contribution in [2.45, 2.75) is 59.5 Å². The summed E-state index contributed by atoms with van der Waals surface area (Å²) in [7, 11) is 3.77. The molecular formula is C32H43FN12O. The molecule has 0 radical (unpaired) electrons. The summed E-state index contributed by atoms with van der Waals surface area (Å²) in [4.78, 5) is 16.5. The van der Waals surface area contributed by atoms with E-state index in [0.717, 1.165) is 33.7 Å². The van der Waals surface area contributed by atoms with Crippen LogP contribution in [0.2, 0.25) is 0 Å². The van der Waals surface area contributed by atoms with Gasteiger partial charge in [0.15, 0.2) is 0 Å². The molecule has 0 atom stereocenters. The molecule has 5 aromatic rings. The van der Waals surface area contributed by atoms with Gasteiger partial charge in [-0.15, -0.1) is 0 Å². The number of fused-ring (bicyclic) bond motifs is 1. The Morgan fingerprint density at radius 2 is 1.43 bits per heavy atom. The summed E-state index contributed by atoms with van der Waals surface area (Å²) in [6.45, 7) is 13.8. The summed E-state index contributed by atoms with van der Waals surface area (Å²) < 4.78 is 5.32. The summed E-state index contributed by atoms with van der Waals surface area (Å²) in [5, 5.41) is 21.5. The molecule has 2 aromatic carbocycles. The first-order valence-electron chi connectivity index (χ1n) is 14.4. The van der Waals surface area contributed by atoms with Crippen molar-refractivity contribution < 1.29 is 9.50 Å². The molecule has 13 nitrogen and oxygen atoms in total. The lowest BCUT2D eigenvalue weighted by Gasteiger charge is -2.20. The van der Waals surface area contributed by atoms with Crippen LogP contribution in [0.5, 0.6) is 0 Å². The van der Waals surface area contributed by atoms with E-state index < -0.39 is 5.91 Å². The number of hydrogen-bond acceptors (Lipinski definition) is 9. The Hall–Kier alpha value is -5.58. The molecule has 1 amide bonds. The number of benzene rings is 2. The molecular weight excluding hydrogens is 587 g/mol. The number of aryl methyl sites for hydroxylation is 2. The molecule has 0 fully saturated rings. The molecule has 244 valence electrons. The minimum absolute atomic E-state index is 0. The van der Waals surface area contributed by atoms with Crippen molar-refractivity contribution in [1.29, 1.82) is 5.26 Å². The molecule has 0 aliphatic heterocycles. The first-order valence-corrected chi connectivity index (χ1v) is 14.4. The first-order chi connectivity index (χ1) is 20.9. The molecule has 0 aliphatic carbocycles. The third kappa shape index (κ3) is 6.30. The number of nitrogens with two attached hydrogens (primary N) is 4.